The van der Waals surface area contributed by atoms with Gasteiger partial charge >= 0.3 is 0 Å². The molecule has 1 fully saturated rings. The van der Waals surface area contributed by atoms with Crippen LogP contribution in [0.25, 0.3) is 0 Å². The Morgan fingerprint density at radius 2 is 2.22 bits per heavy atom. The summed E-state index contributed by atoms with van der Waals surface area (Å²) in [5.41, 5.74) is 1.85. The zero-order chi connectivity index (χ0) is 13.1. The molecule has 0 spiro atoms. The number of hydrogen-bond acceptors (Lipinski definition) is 2. The van der Waals surface area contributed by atoms with Gasteiger partial charge in [-0.25, -0.2) is 0 Å². The SMILES string of the molecule is Cc1ccc(Cl)cc1NC(=O)C1CCCCN1C. The molecule has 1 amide bonds. The molecule has 0 aliphatic carbocycles. The summed E-state index contributed by atoms with van der Waals surface area (Å²) < 4.78 is 0. The van der Waals surface area contributed by atoms with Crippen molar-refractivity contribution in [2.75, 3.05) is 18.9 Å². The largest absolute Gasteiger partial charge is 0.324 e. The molecule has 1 saturated heterocycles. The van der Waals surface area contributed by atoms with E-state index in [2.05, 4.69) is 10.2 Å². The Labute approximate surface area is 113 Å². The molecule has 1 unspecified atom stereocenters. The van der Waals surface area contributed by atoms with Gasteiger partial charge in [-0.3, -0.25) is 9.69 Å². The Morgan fingerprint density at radius 1 is 1.44 bits per heavy atom. The lowest BCUT2D eigenvalue weighted by molar-refractivity contribution is -0.121. The summed E-state index contributed by atoms with van der Waals surface area (Å²) in [6.45, 7) is 2.96. The highest BCUT2D eigenvalue weighted by Crippen LogP contribution is 2.22. The highest BCUT2D eigenvalue weighted by atomic mass is 35.5. The van der Waals surface area contributed by atoms with Crippen molar-refractivity contribution >= 4 is 23.2 Å². The van der Waals surface area contributed by atoms with Crippen molar-refractivity contribution in [3.8, 4) is 0 Å². The van der Waals surface area contributed by atoms with Crippen LogP contribution in [0.5, 0.6) is 0 Å². The zero-order valence-corrected chi connectivity index (χ0v) is 11.6. The van der Waals surface area contributed by atoms with Gasteiger partial charge in [-0.2, -0.15) is 0 Å². The molecule has 4 heteroatoms. The Kier molecular flexibility index (Phi) is 4.25. The highest BCUT2D eigenvalue weighted by molar-refractivity contribution is 6.31. The maximum absolute atomic E-state index is 12.2. The Hall–Kier alpha value is -1.06. The third-order valence-electron chi connectivity index (χ3n) is 3.53. The number of aryl methyl sites for hydroxylation is 1. The van der Waals surface area contributed by atoms with Crippen molar-refractivity contribution in [2.24, 2.45) is 0 Å². The molecular formula is C14H19ClN2O. The molecule has 1 aromatic rings. The van der Waals surface area contributed by atoms with Crippen LogP contribution in [0.1, 0.15) is 24.8 Å². The first-order chi connectivity index (χ1) is 8.58. The summed E-state index contributed by atoms with van der Waals surface area (Å²) in [5.74, 6) is 0.0718. The van der Waals surface area contributed by atoms with Gasteiger partial charge in [0, 0.05) is 10.7 Å². The molecule has 0 saturated carbocycles. The number of anilines is 1. The number of piperidine rings is 1. The lowest BCUT2D eigenvalue weighted by Gasteiger charge is -2.31. The molecule has 1 heterocycles. The van der Waals surface area contributed by atoms with Crippen molar-refractivity contribution < 1.29 is 4.79 Å². The van der Waals surface area contributed by atoms with E-state index in [0.717, 1.165) is 30.6 Å². The van der Waals surface area contributed by atoms with E-state index in [1.807, 2.05) is 26.1 Å². The molecule has 1 atom stereocenters. The Bertz CT molecular complexity index is 447. The summed E-state index contributed by atoms with van der Waals surface area (Å²) in [4.78, 5) is 14.4. The second-order valence-electron chi connectivity index (χ2n) is 4.94. The van der Waals surface area contributed by atoms with E-state index in [4.69, 9.17) is 11.6 Å². The highest BCUT2D eigenvalue weighted by Gasteiger charge is 2.25. The van der Waals surface area contributed by atoms with Gasteiger partial charge in [0.15, 0.2) is 0 Å². The fourth-order valence-corrected chi connectivity index (χ4v) is 2.52. The van der Waals surface area contributed by atoms with E-state index in [9.17, 15) is 4.79 Å². The minimum absolute atomic E-state index is 0.0165. The summed E-state index contributed by atoms with van der Waals surface area (Å²) in [7, 11) is 2.01. The monoisotopic (exact) mass is 266 g/mol. The van der Waals surface area contributed by atoms with Crippen molar-refractivity contribution in [3.63, 3.8) is 0 Å². The zero-order valence-electron chi connectivity index (χ0n) is 10.9. The topological polar surface area (TPSA) is 32.3 Å². The van der Waals surface area contributed by atoms with Crippen molar-refractivity contribution in [1.82, 2.24) is 4.90 Å². The second kappa shape index (κ2) is 5.72. The molecule has 1 aromatic carbocycles. The van der Waals surface area contributed by atoms with E-state index < -0.39 is 0 Å². The molecule has 0 radical (unpaired) electrons. The molecule has 0 bridgehead atoms. The van der Waals surface area contributed by atoms with Gasteiger partial charge in [-0.15, -0.1) is 0 Å². The predicted molar refractivity (Wildman–Crippen MR) is 75.1 cm³/mol. The van der Waals surface area contributed by atoms with Gasteiger partial charge in [-0.05, 0) is 51.1 Å². The van der Waals surface area contributed by atoms with Crippen LogP contribution >= 0.6 is 11.6 Å². The average Bonchev–Trinajstić information content (AvgIpc) is 2.34. The van der Waals surface area contributed by atoms with Crippen molar-refractivity contribution in [2.45, 2.75) is 32.2 Å². The first-order valence-electron chi connectivity index (χ1n) is 6.35. The fraction of sp³-hybridized carbons (Fsp3) is 0.500. The number of likely N-dealkylation sites (tertiary alicyclic amines) is 1. The average molecular weight is 267 g/mol. The number of carbonyl (C=O) groups is 1. The Balaban J connectivity index is 2.08. The third kappa shape index (κ3) is 3.03. The minimum Gasteiger partial charge on any atom is -0.324 e. The summed E-state index contributed by atoms with van der Waals surface area (Å²) in [5, 5.41) is 3.63. The first kappa shape index (κ1) is 13.4. The van der Waals surface area contributed by atoms with Gasteiger partial charge in [0.2, 0.25) is 5.91 Å². The normalized spacial score (nSPS) is 20.7. The number of nitrogens with one attached hydrogen (secondary N) is 1. The molecule has 18 heavy (non-hydrogen) atoms. The number of amides is 1. The van der Waals surface area contributed by atoms with E-state index in [0.29, 0.717) is 5.02 Å². The maximum Gasteiger partial charge on any atom is 0.241 e. The van der Waals surface area contributed by atoms with Crippen molar-refractivity contribution in [1.29, 1.82) is 0 Å². The molecule has 2 rings (SSSR count). The van der Waals surface area contributed by atoms with E-state index in [-0.39, 0.29) is 11.9 Å². The lowest BCUT2D eigenvalue weighted by atomic mass is 10.0. The van der Waals surface area contributed by atoms with Gasteiger partial charge in [-0.1, -0.05) is 24.1 Å². The van der Waals surface area contributed by atoms with Gasteiger partial charge in [0.1, 0.15) is 0 Å². The Morgan fingerprint density at radius 3 is 2.94 bits per heavy atom. The number of nitrogens with zero attached hydrogens (tertiary/aromatic N) is 1. The predicted octanol–water partition coefficient (Wildman–Crippen LogP) is 3.07. The van der Waals surface area contributed by atoms with Crippen LogP contribution in [-0.2, 0) is 4.79 Å². The third-order valence-corrected chi connectivity index (χ3v) is 3.77. The molecule has 0 aromatic heterocycles. The minimum atomic E-state index is -0.0165. The molecule has 1 N–H and O–H groups in total. The van der Waals surface area contributed by atoms with Gasteiger partial charge in [0.05, 0.1) is 6.04 Å². The first-order valence-corrected chi connectivity index (χ1v) is 6.73. The molecule has 1 aliphatic heterocycles. The number of likely N-dealkylation sites (N-methyl/N-ethyl adjacent to an activating group) is 1. The van der Waals surface area contributed by atoms with Crippen LogP contribution < -0.4 is 5.32 Å². The van der Waals surface area contributed by atoms with Gasteiger partial charge in [0.25, 0.3) is 0 Å². The fourth-order valence-electron chi connectivity index (χ4n) is 2.35. The van der Waals surface area contributed by atoms with E-state index in [1.54, 1.807) is 6.07 Å². The lowest BCUT2D eigenvalue weighted by Crippen LogP contribution is -2.44. The number of carbonyl (C=O) groups excluding carboxylic acids is 1. The molecule has 98 valence electrons. The molecular weight excluding hydrogens is 248 g/mol. The maximum atomic E-state index is 12.2. The summed E-state index contributed by atoms with van der Waals surface area (Å²) in [6.07, 6.45) is 3.23. The number of benzene rings is 1. The van der Waals surface area contributed by atoms with Crippen LogP contribution in [0.2, 0.25) is 5.02 Å². The molecule has 3 nitrogen and oxygen atoms in total. The van der Waals surface area contributed by atoms with Crippen LogP contribution in [0.15, 0.2) is 18.2 Å². The van der Waals surface area contributed by atoms with Crippen molar-refractivity contribution in [3.05, 3.63) is 28.8 Å². The summed E-state index contributed by atoms with van der Waals surface area (Å²) >= 11 is 5.95. The second-order valence-corrected chi connectivity index (χ2v) is 5.38. The standard InChI is InChI=1S/C14H19ClN2O/c1-10-6-7-11(15)9-12(10)16-14(18)13-5-3-4-8-17(13)2/h6-7,9,13H,3-5,8H2,1-2H3,(H,16,18). The van der Waals surface area contributed by atoms with Crippen LogP contribution in [-0.4, -0.2) is 30.4 Å². The summed E-state index contributed by atoms with van der Waals surface area (Å²) in [6, 6.07) is 5.54. The number of halogens is 1. The van der Waals surface area contributed by atoms with Crippen LogP contribution in [0.4, 0.5) is 5.69 Å². The quantitative estimate of drug-likeness (QED) is 0.892. The number of rotatable bonds is 2. The molecule has 1 aliphatic rings. The van der Waals surface area contributed by atoms with Gasteiger partial charge < -0.3 is 5.32 Å². The number of hydrogen-bond donors (Lipinski definition) is 1. The van der Waals surface area contributed by atoms with E-state index >= 15 is 0 Å². The van der Waals surface area contributed by atoms with Crippen LogP contribution in [0.3, 0.4) is 0 Å². The van der Waals surface area contributed by atoms with E-state index in [1.165, 1.54) is 6.42 Å². The van der Waals surface area contributed by atoms with Crippen LogP contribution in [0, 0.1) is 6.92 Å². The smallest absolute Gasteiger partial charge is 0.241 e.